The highest BCUT2D eigenvalue weighted by Gasteiger charge is 2.22. The zero-order valence-electron chi connectivity index (χ0n) is 18.8. The van der Waals surface area contributed by atoms with Gasteiger partial charge >= 0.3 is 5.97 Å². The average Bonchev–Trinajstić information content (AvgIpc) is 3.17. The Labute approximate surface area is 207 Å². The summed E-state index contributed by atoms with van der Waals surface area (Å²) in [6.07, 6.45) is 1.69. The summed E-state index contributed by atoms with van der Waals surface area (Å²) < 4.78 is 40.1. The summed E-state index contributed by atoms with van der Waals surface area (Å²) in [5.74, 6) is 0.219. The zero-order chi connectivity index (χ0) is 24.3. The van der Waals surface area contributed by atoms with E-state index in [-0.39, 0.29) is 23.9 Å². The van der Waals surface area contributed by atoms with Crippen molar-refractivity contribution >= 4 is 42.8 Å². The average molecular weight is 542 g/mol. The minimum absolute atomic E-state index is 0.0964. The third-order valence-electron chi connectivity index (χ3n) is 5.39. The molecule has 0 fully saturated rings. The molecular formula is C26H24BrNO5S. The van der Waals surface area contributed by atoms with E-state index in [2.05, 4.69) is 15.9 Å². The molecule has 4 rings (SSSR count). The van der Waals surface area contributed by atoms with Gasteiger partial charge in [-0.3, -0.25) is 4.79 Å². The van der Waals surface area contributed by atoms with E-state index in [1.807, 2.05) is 37.3 Å². The van der Waals surface area contributed by atoms with Crippen LogP contribution in [0.1, 0.15) is 23.6 Å². The molecule has 0 saturated heterocycles. The van der Waals surface area contributed by atoms with E-state index >= 15 is 0 Å². The minimum atomic E-state index is -3.80. The van der Waals surface area contributed by atoms with Crippen LogP contribution >= 0.6 is 15.9 Å². The van der Waals surface area contributed by atoms with Crippen LogP contribution in [0.25, 0.3) is 10.9 Å². The summed E-state index contributed by atoms with van der Waals surface area (Å²) in [5, 5.41) is 0.757. The van der Waals surface area contributed by atoms with Gasteiger partial charge < -0.3 is 9.47 Å². The molecule has 0 unspecified atom stereocenters. The normalized spacial score (nSPS) is 11.5. The van der Waals surface area contributed by atoms with Gasteiger partial charge in [0.05, 0.1) is 23.4 Å². The molecule has 4 aromatic rings. The Balaban J connectivity index is 1.69. The van der Waals surface area contributed by atoms with Gasteiger partial charge in [-0.05, 0) is 50.2 Å². The van der Waals surface area contributed by atoms with Crippen molar-refractivity contribution in [1.82, 2.24) is 3.97 Å². The number of carbonyl (C=O) groups is 1. The van der Waals surface area contributed by atoms with Gasteiger partial charge in [-0.2, -0.15) is 0 Å². The monoisotopic (exact) mass is 541 g/mol. The van der Waals surface area contributed by atoms with Crippen LogP contribution in [0.4, 0.5) is 0 Å². The quantitative estimate of drug-likeness (QED) is 0.270. The molecule has 0 aliphatic carbocycles. The molecule has 0 aliphatic heterocycles. The Morgan fingerprint density at radius 1 is 1.00 bits per heavy atom. The Bertz CT molecular complexity index is 1440. The Hall–Kier alpha value is -3.10. The third kappa shape index (κ3) is 5.03. The van der Waals surface area contributed by atoms with Crippen LogP contribution in [0.5, 0.6) is 5.75 Å². The Morgan fingerprint density at radius 2 is 1.74 bits per heavy atom. The minimum Gasteiger partial charge on any atom is -0.489 e. The zero-order valence-corrected chi connectivity index (χ0v) is 21.2. The molecule has 0 N–H and O–H groups in total. The standard InChI is InChI=1S/C26H24BrNO5S/c1-3-32-26(29)14-19-6-4-5-7-25(19)33-17-20-16-28(24-13-10-21(27)15-23(20)24)34(30,31)22-11-8-18(2)9-12-22/h4-13,15-16H,3,14,17H2,1-2H3. The first-order chi connectivity index (χ1) is 16.3. The van der Waals surface area contributed by atoms with Crippen LogP contribution in [-0.4, -0.2) is 25.0 Å². The van der Waals surface area contributed by atoms with Crippen LogP contribution in [0.2, 0.25) is 0 Å². The van der Waals surface area contributed by atoms with Gasteiger partial charge in [0.15, 0.2) is 0 Å². The number of ether oxygens (including phenoxy) is 2. The fourth-order valence-electron chi connectivity index (χ4n) is 3.69. The number of nitrogens with zero attached hydrogens (tertiary/aromatic N) is 1. The first-order valence-electron chi connectivity index (χ1n) is 10.8. The number of para-hydroxylation sites is 1. The molecule has 34 heavy (non-hydrogen) atoms. The van der Waals surface area contributed by atoms with Crippen molar-refractivity contribution in [3.8, 4) is 5.75 Å². The van der Waals surface area contributed by atoms with Crippen LogP contribution in [0, 0.1) is 6.92 Å². The van der Waals surface area contributed by atoms with Crippen molar-refractivity contribution in [2.24, 2.45) is 0 Å². The van der Waals surface area contributed by atoms with Crippen molar-refractivity contribution in [3.63, 3.8) is 0 Å². The van der Waals surface area contributed by atoms with Crippen LogP contribution in [0.3, 0.4) is 0 Å². The lowest BCUT2D eigenvalue weighted by Gasteiger charge is -2.11. The Kier molecular flexibility index (Phi) is 7.09. The lowest BCUT2D eigenvalue weighted by atomic mass is 10.1. The summed E-state index contributed by atoms with van der Waals surface area (Å²) in [4.78, 5) is 12.2. The predicted octanol–water partition coefficient (Wildman–Crippen LogP) is 5.63. The van der Waals surface area contributed by atoms with Gasteiger partial charge in [0.25, 0.3) is 10.0 Å². The molecule has 176 valence electrons. The number of aryl methyl sites for hydroxylation is 1. The maximum Gasteiger partial charge on any atom is 0.310 e. The van der Waals surface area contributed by atoms with Gasteiger partial charge in [0.2, 0.25) is 0 Å². The lowest BCUT2D eigenvalue weighted by Crippen LogP contribution is -2.12. The predicted molar refractivity (Wildman–Crippen MR) is 135 cm³/mol. The van der Waals surface area contributed by atoms with Gasteiger partial charge in [0.1, 0.15) is 12.4 Å². The highest BCUT2D eigenvalue weighted by Crippen LogP contribution is 2.30. The number of halogens is 1. The summed E-state index contributed by atoms with van der Waals surface area (Å²) >= 11 is 3.48. The number of rotatable bonds is 8. The summed E-state index contributed by atoms with van der Waals surface area (Å²) in [7, 11) is -3.80. The Morgan fingerprint density at radius 3 is 2.47 bits per heavy atom. The van der Waals surface area contributed by atoms with Crippen molar-refractivity contribution in [2.45, 2.75) is 31.8 Å². The molecule has 0 bridgehead atoms. The van der Waals surface area contributed by atoms with E-state index in [0.717, 1.165) is 15.4 Å². The highest BCUT2D eigenvalue weighted by atomic mass is 79.9. The molecule has 0 spiro atoms. The molecule has 0 radical (unpaired) electrons. The number of hydrogen-bond donors (Lipinski definition) is 0. The van der Waals surface area contributed by atoms with E-state index in [0.29, 0.717) is 29.0 Å². The van der Waals surface area contributed by atoms with E-state index in [9.17, 15) is 13.2 Å². The second-order valence-electron chi connectivity index (χ2n) is 7.81. The third-order valence-corrected chi connectivity index (χ3v) is 7.57. The van der Waals surface area contributed by atoms with E-state index in [1.165, 1.54) is 3.97 Å². The SMILES string of the molecule is CCOC(=O)Cc1ccccc1OCc1cn(S(=O)(=O)c2ccc(C)cc2)c2ccc(Br)cc12. The van der Waals surface area contributed by atoms with Gasteiger partial charge in [-0.1, -0.05) is 51.8 Å². The smallest absolute Gasteiger partial charge is 0.310 e. The topological polar surface area (TPSA) is 74.6 Å². The second kappa shape index (κ2) is 10.0. The molecule has 0 amide bonds. The van der Waals surface area contributed by atoms with Crippen molar-refractivity contribution < 1.29 is 22.7 Å². The van der Waals surface area contributed by atoms with E-state index in [4.69, 9.17) is 9.47 Å². The van der Waals surface area contributed by atoms with Gasteiger partial charge in [-0.25, -0.2) is 12.4 Å². The largest absolute Gasteiger partial charge is 0.489 e. The van der Waals surface area contributed by atoms with Crippen LogP contribution < -0.4 is 4.74 Å². The van der Waals surface area contributed by atoms with Crippen LogP contribution in [-0.2, 0) is 32.6 Å². The van der Waals surface area contributed by atoms with Crippen molar-refractivity contribution in [3.05, 3.63) is 94.1 Å². The van der Waals surface area contributed by atoms with Gasteiger partial charge in [0, 0.05) is 27.2 Å². The second-order valence-corrected chi connectivity index (χ2v) is 10.5. The summed E-state index contributed by atoms with van der Waals surface area (Å²) in [6, 6.07) is 19.5. The molecular weight excluding hydrogens is 518 g/mol. The van der Waals surface area contributed by atoms with Crippen molar-refractivity contribution in [2.75, 3.05) is 6.61 Å². The summed E-state index contributed by atoms with van der Waals surface area (Å²) in [5.41, 5.74) is 2.95. The first-order valence-corrected chi connectivity index (χ1v) is 13.0. The fourth-order valence-corrected chi connectivity index (χ4v) is 5.44. The van der Waals surface area contributed by atoms with Gasteiger partial charge in [-0.15, -0.1) is 0 Å². The van der Waals surface area contributed by atoms with E-state index < -0.39 is 10.0 Å². The maximum atomic E-state index is 13.4. The lowest BCUT2D eigenvalue weighted by molar-refractivity contribution is -0.142. The van der Waals surface area contributed by atoms with Crippen LogP contribution in [0.15, 0.2) is 82.3 Å². The molecule has 1 heterocycles. The van der Waals surface area contributed by atoms with E-state index in [1.54, 1.807) is 49.5 Å². The molecule has 8 heteroatoms. The number of aromatic nitrogens is 1. The number of fused-ring (bicyclic) bond motifs is 1. The summed E-state index contributed by atoms with van der Waals surface area (Å²) in [6.45, 7) is 4.11. The molecule has 6 nitrogen and oxygen atoms in total. The molecule has 0 saturated carbocycles. The molecule has 0 atom stereocenters. The van der Waals surface area contributed by atoms with Crippen molar-refractivity contribution in [1.29, 1.82) is 0 Å². The number of carbonyl (C=O) groups excluding carboxylic acids is 1. The maximum absolute atomic E-state index is 13.4. The number of esters is 1. The number of benzene rings is 3. The fraction of sp³-hybridized carbons (Fsp3) is 0.192. The molecule has 0 aliphatic rings. The first kappa shape index (κ1) is 24.0. The highest BCUT2D eigenvalue weighted by molar-refractivity contribution is 9.10. The molecule has 1 aromatic heterocycles. The number of hydrogen-bond acceptors (Lipinski definition) is 5. The molecule has 3 aromatic carbocycles.